The largest absolute Gasteiger partial charge is 0.208 e. The summed E-state index contributed by atoms with van der Waals surface area (Å²) < 4.78 is 0. The van der Waals surface area contributed by atoms with E-state index in [1.165, 1.54) is 111 Å². The number of aromatic nitrogens is 6. The van der Waals surface area contributed by atoms with Gasteiger partial charge in [-0.2, -0.15) is 0 Å². The van der Waals surface area contributed by atoms with Crippen LogP contribution in [-0.2, 0) is 10.8 Å². The number of hydrogen-bond acceptors (Lipinski definition) is 6. The molecule has 0 bridgehead atoms. The van der Waals surface area contributed by atoms with Crippen LogP contribution >= 0.6 is 0 Å². The average molecular weight is 1450 g/mol. The predicted molar refractivity (Wildman–Crippen MR) is 467 cm³/mol. The molecule has 0 saturated carbocycles. The summed E-state index contributed by atoms with van der Waals surface area (Å²) in [6.07, 6.45) is 0. The molecular weight excluding hydrogens is 1380 g/mol. The fourth-order valence-electron chi connectivity index (χ4n) is 18.5. The summed E-state index contributed by atoms with van der Waals surface area (Å²) in [4.78, 5) is 30.6. The second-order valence-corrected chi connectivity index (χ2v) is 29.9. The Labute approximate surface area is 660 Å². The summed E-state index contributed by atoms with van der Waals surface area (Å²) >= 11 is 0. The molecule has 0 N–H and O–H groups in total. The molecule has 3 aliphatic rings. The summed E-state index contributed by atoms with van der Waals surface area (Å²) in [6.45, 7) is 0. The van der Waals surface area contributed by atoms with Crippen molar-refractivity contribution in [1.29, 1.82) is 0 Å². The van der Waals surface area contributed by atoms with Gasteiger partial charge in [-0.05, 0) is 174 Å². The van der Waals surface area contributed by atoms with E-state index in [0.717, 1.165) is 66.1 Å². The van der Waals surface area contributed by atoms with Gasteiger partial charge in [-0.15, -0.1) is 0 Å². The minimum absolute atomic E-state index is 0.377. The van der Waals surface area contributed by atoms with Crippen molar-refractivity contribution in [2.24, 2.45) is 0 Å². The fraction of sp³-hybridized carbons (Fsp3) is 0.0185. The molecule has 530 valence electrons. The van der Waals surface area contributed by atoms with E-state index in [-0.39, 0.29) is 5.41 Å². The lowest BCUT2D eigenvalue weighted by Gasteiger charge is -2.34. The van der Waals surface area contributed by atoms with E-state index in [0.29, 0.717) is 34.9 Å². The third-order valence-corrected chi connectivity index (χ3v) is 23.7. The highest BCUT2D eigenvalue weighted by atomic mass is 15.0. The van der Waals surface area contributed by atoms with Crippen molar-refractivity contribution in [1.82, 2.24) is 29.9 Å². The van der Waals surface area contributed by atoms with Gasteiger partial charge in [0, 0.05) is 33.4 Å². The molecule has 23 rings (SSSR count). The maximum atomic E-state index is 5.12. The number of fused-ring (bicyclic) bond motifs is 17. The minimum Gasteiger partial charge on any atom is -0.208 e. The molecule has 2 aromatic heterocycles. The molecule has 1 spiro atoms. The van der Waals surface area contributed by atoms with E-state index in [1.807, 2.05) is 0 Å². The van der Waals surface area contributed by atoms with E-state index in [1.54, 1.807) is 0 Å². The van der Waals surface area contributed by atoms with Gasteiger partial charge in [-0.1, -0.05) is 382 Å². The highest BCUT2D eigenvalue weighted by Gasteiger charge is 2.52. The van der Waals surface area contributed by atoms with Crippen molar-refractivity contribution in [3.8, 4) is 124 Å². The highest BCUT2D eigenvalue weighted by molar-refractivity contribution is 5.99. The van der Waals surface area contributed by atoms with Crippen molar-refractivity contribution in [3.05, 3.63) is 457 Å². The normalized spacial score (nSPS) is 12.9. The topological polar surface area (TPSA) is 77.3 Å². The van der Waals surface area contributed by atoms with Gasteiger partial charge in [-0.3, -0.25) is 0 Å². The molecule has 0 radical (unpaired) electrons. The highest BCUT2D eigenvalue weighted by Crippen LogP contribution is 2.64. The van der Waals surface area contributed by atoms with Crippen molar-refractivity contribution in [2.45, 2.75) is 10.8 Å². The Kier molecular flexibility index (Phi) is 15.6. The summed E-state index contributed by atoms with van der Waals surface area (Å²) in [7, 11) is 0. The molecule has 0 unspecified atom stereocenters. The van der Waals surface area contributed by atoms with Gasteiger partial charge in [0.25, 0.3) is 0 Å². The van der Waals surface area contributed by atoms with Gasteiger partial charge >= 0.3 is 0 Å². The van der Waals surface area contributed by atoms with Crippen LogP contribution in [0.15, 0.2) is 413 Å². The van der Waals surface area contributed by atoms with E-state index in [9.17, 15) is 0 Å². The van der Waals surface area contributed by atoms with E-state index < -0.39 is 5.41 Å². The zero-order chi connectivity index (χ0) is 75.3. The fourth-order valence-corrected chi connectivity index (χ4v) is 18.5. The number of rotatable bonds is 10. The smallest absolute Gasteiger partial charge is 0.164 e. The molecule has 0 atom stereocenters. The first-order valence-corrected chi connectivity index (χ1v) is 39.0. The Bertz CT molecular complexity index is 6940. The molecule has 20 aromatic rings. The van der Waals surface area contributed by atoms with Gasteiger partial charge < -0.3 is 0 Å². The maximum absolute atomic E-state index is 5.12. The lowest BCUT2D eigenvalue weighted by molar-refractivity contribution is 0.768. The Morgan fingerprint density at radius 2 is 0.412 bits per heavy atom. The number of hydrogen-bond donors (Lipinski definition) is 0. The zero-order valence-corrected chi connectivity index (χ0v) is 61.9. The van der Waals surface area contributed by atoms with Gasteiger partial charge in [-0.25, -0.2) is 29.9 Å². The van der Waals surface area contributed by atoms with Gasteiger partial charge in [0.15, 0.2) is 34.9 Å². The van der Waals surface area contributed by atoms with Crippen LogP contribution in [0.25, 0.3) is 167 Å². The lowest BCUT2D eigenvalue weighted by Crippen LogP contribution is -2.28. The van der Waals surface area contributed by atoms with Gasteiger partial charge in [0.1, 0.15) is 0 Å². The lowest BCUT2D eigenvalue weighted by atomic mass is 9.67. The van der Waals surface area contributed by atoms with Crippen LogP contribution in [0.3, 0.4) is 0 Å². The molecular formula is C108H68N6. The zero-order valence-electron chi connectivity index (χ0n) is 61.9. The molecule has 0 amide bonds. The van der Waals surface area contributed by atoms with Gasteiger partial charge in [0.2, 0.25) is 0 Å². The van der Waals surface area contributed by atoms with Crippen LogP contribution in [0.5, 0.6) is 0 Å². The molecule has 0 saturated heterocycles. The Morgan fingerprint density at radius 3 is 0.807 bits per heavy atom. The maximum Gasteiger partial charge on any atom is 0.164 e. The second kappa shape index (κ2) is 27.0. The summed E-state index contributed by atoms with van der Waals surface area (Å²) in [5.41, 5.74) is 27.8. The van der Waals surface area contributed by atoms with Crippen LogP contribution in [0.4, 0.5) is 0 Å². The van der Waals surface area contributed by atoms with Crippen molar-refractivity contribution in [3.63, 3.8) is 0 Å². The van der Waals surface area contributed by atoms with Crippen LogP contribution in [0.2, 0.25) is 0 Å². The number of benzene rings is 18. The van der Waals surface area contributed by atoms with E-state index >= 15 is 0 Å². The Balaban J connectivity index is 0.000000139. The van der Waals surface area contributed by atoms with Crippen LogP contribution in [0.1, 0.15) is 44.5 Å². The SMILES string of the molecule is c1ccc(C2(c3ccccc3)c3ccccc3-c3c(-c4ccc(-c5nc(-c6ccc7ccccc7c6)nc(-c6ccc7ccccc7c6)n5)cc4)cccc32)cc1.c1ccc2c(c1)-c1ccccc1C21c2ccccc2-c2ccc(-c3ccc(-c4nc(-c5ccc6ccccc6c5)nc(-c5ccc6ccccc6c5)n4)cc3)cc21. The van der Waals surface area contributed by atoms with Crippen molar-refractivity contribution >= 4 is 43.1 Å². The average Bonchev–Trinajstić information content (AvgIpc) is 1.51. The Morgan fingerprint density at radius 1 is 0.140 bits per heavy atom. The summed E-state index contributed by atoms with van der Waals surface area (Å²) in [5, 5.41) is 9.33. The van der Waals surface area contributed by atoms with E-state index in [4.69, 9.17) is 29.9 Å². The first kappa shape index (κ1) is 66.0. The number of nitrogens with zero attached hydrogens (tertiary/aromatic N) is 6. The molecule has 6 heteroatoms. The van der Waals surface area contributed by atoms with Gasteiger partial charge in [0.05, 0.1) is 10.8 Å². The van der Waals surface area contributed by atoms with E-state index in [2.05, 4.69) is 413 Å². The quantitative estimate of drug-likeness (QED) is 0.136. The molecule has 0 fully saturated rings. The monoisotopic (exact) mass is 1450 g/mol. The predicted octanol–water partition coefficient (Wildman–Crippen LogP) is 26.4. The second-order valence-electron chi connectivity index (χ2n) is 29.9. The standard InChI is InChI=1S/C54H33N3.C54H35N3/c1-3-13-38-31-41(27-23-34(38)11-1)52-55-51(56-53(57-52)42-28-24-35-12-2-4-14-39(35)32-42)37-25-21-36(22-26-37)40-29-30-46-45-17-7-10-20-49(45)54(50(46)33-40)47-18-8-5-15-43(47)44-16-6-9-19-48(44)54;1-3-18-44(19-4-1)54(45-20-5-2-6-21-45)48-24-12-11-22-47(48)50-46(23-13-25-49(50)54)38-28-30-39(31-29-38)51-55-52(42-32-26-36-14-7-9-16-40(36)34-42)57-53(56-51)43-33-27-37-15-8-10-17-41(37)35-43/h1-33H;1-35H. The van der Waals surface area contributed by atoms with Crippen molar-refractivity contribution < 1.29 is 0 Å². The minimum atomic E-state index is -0.451. The molecule has 114 heavy (non-hydrogen) atoms. The molecule has 3 aliphatic carbocycles. The Hall–Kier alpha value is -15.0. The molecule has 0 aliphatic heterocycles. The summed E-state index contributed by atoms with van der Waals surface area (Å²) in [6, 6.07) is 148. The van der Waals surface area contributed by atoms with Crippen LogP contribution in [0, 0.1) is 0 Å². The van der Waals surface area contributed by atoms with Crippen LogP contribution < -0.4 is 0 Å². The first-order chi connectivity index (χ1) is 56.5. The summed E-state index contributed by atoms with van der Waals surface area (Å²) in [5.74, 6) is 3.88. The first-order valence-electron chi connectivity index (χ1n) is 39.0. The third-order valence-electron chi connectivity index (χ3n) is 23.7. The molecule has 2 heterocycles. The molecule has 18 aromatic carbocycles. The van der Waals surface area contributed by atoms with Crippen molar-refractivity contribution in [2.75, 3.05) is 0 Å². The third kappa shape index (κ3) is 10.8. The van der Waals surface area contributed by atoms with Crippen LogP contribution in [-0.4, -0.2) is 29.9 Å². The molecule has 6 nitrogen and oxygen atoms in total.